The van der Waals surface area contributed by atoms with Gasteiger partial charge in [-0.1, -0.05) is 30.3 Å². The van der Waals surface area contributed by atoms with Crippen LogP contribution in [-0.4, -0.2) is 73.5 Å². The van der Waals surface area contributed by atoms with E-state index in [1.54, 1.807) is 0 Å². The first kappa shape index (κ1) is 16.8. The Kier molecular flexibility index (Phi) is 8.72. The zero-order valence-electron chi connectivity index (χ0n) is 8.80. The summed E-state index contributed by atoms with van der Waals surface area (Å²) >= 11 is 0. The normalized spacial score (nSPS) is 9.71. The van der Waals surface area contributed by atoms with Crippen LogP contribution >= 0.6 is 0 Å². The third-order valence-electron chi connectivity index (χ3n) is 2.40. The number of aliphatic carboxylic acids is 2. The Labute approximate surface area is 142 Å². The second-order valence-corrected chi connectivity index (χ2v) is 3.61. The molecule has 0 aliphatic heterocycles. The SMILES string of the molecule is O=C(O)C(CCCc1ccccc1)C(=O)O.[KH]. The number of hydrogen-bond donors (Lipinski definition) is 2. The van der Waals surface area contributed by atoms with Crippen LogP contribution in [-0.2, 0) is 16.0 Å². The summed E-state index contributed by atoms with van der Waals surface area (Å²) in [6.07, 6.45) is 1.44. The van der Waals surface area contributed by atoms with Gasteiger partial charge in [-0.2, -0.15) is 0 Å². The molecule has 1 aromatic carbocycles. The second-order valence-electron chi connectivity index (χ2n) is 3.61. The Morgan fingerprint density at radius 1 is 1.06 bits per heavy atom. The van der Waals surface area contributed by atoms with Crippen molar-refractivity contribution in [3.05, 3.63) is 35.9 Å². The van der Waals surface area contributed by atoms with Crippen LogP contribution in [0.5, 0.6) is 0 Å². The molecule has 0 saturated carbocycles. The van der Waals surface area contributed by atoms with E-state index in [9.17, 15) is 9.59 Å². The van der Waals surface area contributed by atoms with Gasteiger partial charge >= 0.3 is 63.3 Å². The van der Waals surface area contributed by atoms with Crippen LogP contribution < -0.4 is 0 Å². The summed E-state index contributed by atoms with van der Waals surface area (Å²) in [5.41, 5.74) is 1.09. The Morgan fingerprint density at radius 2 is 1.59 bits per heavy atom. The third kappa shape index (κ3) is 6.33. The van der Waals surface area contributed by atoms with Gasteiger partial charge in [0.2, 0.25) is 0 Å². The standard InChI is InChI=1S/C12H14O4.K.H/c13-11(14)10(12(15)16)8-4-7-9-5-2-1-3-6-9;;/h1-3,5-6,10H,4,7-8H2,(H,13,14)(H,15,16);;. The average molecular weight is 262 g/mol. The second kappa shape index (κ2) is 8.82. The Hall–Kier alpha value is -0.204. The van der Waals surface area contributed by atoms with Crippen LogP contribution in [0.3, 0.4) is 0 Å². The molecule has 88 valence electrons. The molecule has 17 heavy (non-hydrogen) atoms. The number of carboxylic acid groups (broad SMARTS) is 2. The number of rotatable bonds is 6. The van der Waals surface area contributed by atoms with Crippen molar-refractivity contribution in [1.82, 2.24) is 0 Å². The number of aryl methyl sites for hydroxylation is 1. The molecule has 5 heteroatoms. The predicted octanol–water partition coefficient (Wildman–Crippen LogP) is 1.15. The molecule has 0 saturated heterocycles. The monoisotopic (exact) mass is 262 g/mol. The molecule has 0 amide bonds. The molecule has 0 atom stereocenters. The van der Waals surface area contributed by atoms with E-state index >= 15 is 0 Å². The summed E-state index contributed by atoms with van der Waals surface area (Å²) in [5.74, 6) is -3.81. The molecular weight excluding hydrogens is 247 g/mol. The van der Waals surface area contributed by atoms with Crippen molar-refractivity contribution in [2.24, 2.45) is 5.92 Å². The number of hydrogen-bond acceptors (Lipinski definition) is 2. The summed E-state index contributed by atoms with van der Waals surface area (Å²) in [4.78, 5) is 21.2. The Balaban J connectivity index is 0.00000256. The summed E-state index contributed by atoms with van der Waals surface area (Å²) in [6.45, 7) is 0. The van der Waals surface area contributed by atoms with E-state index in [0.717, 1.165) is 5.56 Å². The van der Waals surface area contributed by atoms with Gasteiger partial charge in [0, 0.05) is 0 Å². The van der Waals surface area contributed by atoms with Crippen molar-refractivity contribution in [2.75, 3.05) is 0 Å². The zero-order valence-corrected chi connectivity index (χ0v) is 8.80. The molecule has 0 fully saturated rings. The molecule has 1 rings (SSSR count). The first-order valence-corrected chi connectivity index (χ1v) is 5.11. The van der Waals surface area contributed by atoms with Crippen molar-refractivity contribution in [3.63, 3.8) is 0 Å². The van der Waals surface area contributed by atoms with Gasteiger partial charge in [-0.15, -0.1) is 0 Å². The average Bonchev–Trinajstić information content (AvgIpc) is 2.24. The van der Waals surface area contributed by atoms with E-state index in [1.165, 1.54) is 0 Å². The molecule has 0 aliphatic carbocycles. The summed E-state index contributed by atoms with van der Waals surface area (Å²) in [5, 5.41) is 17.3. The molecule has 0 unspecified atom stereocenters. The summed E-state index contributed by atoms with van der Waals surface area (Å²) in [7, 11) is 0. The van der Waals surface area contributed by atoms with Gasteiger partial charge in [-0.05, 0) is 24.8 Å². The first-order valence-electron chi connectivity index (χ1n) is 5.11. The van der Waals surface area contributed by atoms with E-state index in [4.69, 9.17) is 10.2 Å². The van der Waals surface area contributed by atoms with Crippen LogP contribution in [0.1, 0.15) is 18.4 Å². The van der Waals surface area contributed by atoms with Crippen molar-refractivity contribution >= 4 is 63.3 Å². The molecule has 4 nitrogen and oxygen atoms in total. The zero-order chi connectivity index (χ0) is 12.0. The summed E-state index contributed by atoms with van der Waals surface area (Å²) in [6, 6.07) is 9.59. The number of carbonyl (C=O) groups is 2. The fourth-order valence-electron chi connectivity index (χ4n) is 1.51. The van der Waals surface area contributed by atoms with E-state index in [2.05, 4.69) is 0 Å². The van der Waals surface area contributed by atoms with Crippen molar-refractivity contribution in [2.45, 2.75) is 19.3 Å². The maximum atomic E-state index is 10.6. The van der Waals surface area contributed by atoms with Gasteiger partial charge in [0.05, 0.1) is 0 Å². The predicted molar refractivity (Wildman–Crippen MR) is 65.3 cm³/mol. The maximum absolute atomic E-state index is 10.6. The van der Waals surface area contributed by atoms with Crippen molar-refractivity contribution in [3.8, 4) is 0 Å². The fourth-order valence-corrected chi connectivity index (χ4v) is 1.51. The Morgan fingerprint density at radius 3 is 2.06 bits per heavy atom. The molecule has 0 radical (unpaired) electrons. The minimum absolute atomic E-state index is 0. The molecule has 0 aromatic heterocycles. The van der Waals surface area contributed by atoms with Crippen LogP contribution in [0.4, 0.5) is 0 Å². The Bertz CT molecular complexity index is 350. The van der Waals surface area contributed by atoms with Gasteiger partial charge in [0.1, 0.15) is 0 Å². The van der Waals surface area contributed by atoms with Crippen LogP contribution in [0.2, 0.25) is 0 Å². The molecule has 0 bridgehead atoms. The quantitative estimate of drug-likeness (QED) is 0.595. The van der Waals surface area contributed by atoms with E-state index in [-0.39, 0.29) is 57.8 Å². The van der Waals surface area contributed by atoms with Crippen LogP contribution in [0.25, 0.3) is 0 Å². The molecule has 0 spiro atoms. The van der Waals surface area contributed by atoms with Crippen molar-refractivity contribution < 1.29 is 19.8 Å². The first-order chi connectivity index (χ1) is 7.61. The topological polar surface area (TPSA) is 74.6 Å². The molecule has 0 heterocycles. The van der Waals surface area contributed by atoms with E-state index in [0.29, 0.717) is 12.8 Å². The van der Waals surface area contributed by atoms with Gasteiger partial charge in [-0.25, -0.2) is 0 Å². The van der Waals surface area contributed by atoms with Gasteiger partial charge in [0.15, 0.2) is 5.92 Å². The van der Waals surface area contributed by atoms with Crippen LogP contribution in [0, 0.1) is 5.92 Å². The summed E-state index contributed by atoms with van der Waals surface area (Å²) < 4.78 is 0. The molecule has 2 N–H and O–H groups in total. The number of carboxylic acids is 2. The minimum atomic E-state index is -1.29. The van der Waals surface area contributed by atoms with Gasteiger partial charge < -0.3 is 10.2 Å². The number of benzene rings is 1. The fraction of sp³-hybridized carbons (Fsp3) is 0.333. The van der Waals surface area contributed by atoms with E-state index in [1.807, 2.05) is 30.3 Å². The molecular formula is C12H15KO4. The van der Waals surface area contributed by atoms with Crippen LogP contribution in [0.15, 0.2) is 30.3 Å². The molecule has 1 aromatic rings. The van der Waals surface area contributed by atoms with Gasteiger partial charge in [-0.3, -0.25) is 9.59 Å². The third-order valence-corrected chi connectivity index (χ3v) is 2.40. The molecule has 0 aliphatic rings. The van der Waals surface area contributed by atoms with E-state index < -0.39 is 17.9 Å². The van der Waals surface area contributed by atoms with Crippen molar-refractivity contribution in [1.29, 1.82) is 0 Å². The van der Waals surface area contributed by atoms with Gasteiger partial charge in [0.25, 0.3) is 0 Å².